The third-order valence-corrected chi connectivity index (χ3v) is 4.79. The summed E-state index contributed by atoms with van der Waals surface area (Å²) in [4.78, 5) is 22.1. The zero-order chi connectivity index (χ0) is 18.3. The maximum atomic E-state index is 11.3. The predicted octanol–water partition coefficient (Wildman–Crippen LogP) is 5.25. The Kier molecular flexibility index (Phi) is 11.9. The highest BCUT2D eigenvalue weighted by Crippen LogP contribution is 2.14. The Balaban J connectivity index is 1.93. The molecule has 0 aromatic heterocycles. The molecule has 0 heterocycles. The fourth-order valence-electron chi connectivity index (χ4n) is 2.48. The molecule has 1 aromatic rings. The lowest BCUT2D eigenvalue weighted by Crippen LogP contribution is -2.01. The molecule has 0 saturated heterocycles. The average Bonchev–Trinajstić information content (AvgIpc) is 2.62. The van der Waals surface area contributed by atoms with Crippen LogP contribution in [-0.4, -0.2) is 30.6 Å². The van der Waals surface area contributed by atoms with Crippen LogP contribution in [0.25, 0.3) is 0 Å². The van der Waals surface area contributed by atoms with E-state index in [-0.39, 0.29) is 11.1 Å². The highest BCUT2D eigenvalue weighted by atomic mass is 32.2. The van der Waals surface area contributed by atoms with Crippen molar-refractivity contribution in [1.29, 1.82) is 0 Å². The molecule has 0 amide bonds. The first-order chi connectivity index (χ1) is 12.1. The molecule has 1 aromatic carbocycles. The molecular formula is C20H30O4S. The molecule has 0 aliphatic heterocycles. The molecule has 0 spiro atoms. The van der Waals surface area contributed by atoms with Gasteiger partial charge in [0.05, 0.1) is 19.3 Å². The number of carbonyl (C=O) groups excluding carboxylic acids is 2. The second kappa shape index (κ2) is 13.8. The third-order valence-electron chi connectivity index (χ3n) is 3.89. The van der Waals surface area contributed by atoms with Crippen molar-refractivity contribution < 1.29 is 19.1 Å². The maximum Gasteiger partial charge on any atom is 0.337 e. The number of hydrogen-bond donors (Lipinski definition) is 0. The summed E-state index contributed by atoms with van der Waals surface area (Å²) in [6, 6.07) is 7.04. The average molecular weight is 367 g/mol. The van der Waals surface area contributed by atoms with Crippen LogP contribution in [0, 0.1) is 0 Å². The summed E-state index contributed by atoms with van der Waals surface area (Å²) in [5.74, 6) is 1.42. The number of ether oxygens (including phenoxy) is 2. The molecule has 0 radical (unpaired) electrons. The highest BCUT2D eigenvalue weighted by Gasteiger charge is 2.04. The summed E-state index contributed by atoms with van der Waals surface area (Å²) < 4.78 is 10.3. The second-order valence-electron chi connectivity index (χ2n) is 6.03. The van der Waals surface area contributed by atoms with E-state index < -0.39 is 0 Å². The summed E-state index contributed by atoms with van der Waals surface area (Å²) >= 11 is 1.43. The summed E-state index contributed by atoms with van der Waals surface area (Å²) in [5, 5.41) is 0.224. The smallest absolute Gasteiger partial charge is 0.337 e. The van der Waals surface area contributed by atoms with Crippen molar-refractivity contribution >= 4 is 22.8 Å². The van der Waals surface area contributed by atoms with Gasteiger partial charge in [-0.25, -0.2) is 4.79 Å². The second-order valence-corrected chi connectivity index (χ2v) is 7.30. The Labute approximate surface area is 155 Å². The predicted molar refractivity (Wildman–Crippen MR) is 103 cm³/mol. The number of benzene rings is 1. The number of hydrogen-bond acceptors (Lipinski definition) is 5. The SMILES string of the molecule is COC(=O)c1ccc(OCCCCCCCCCCSC(C)=O)cc1. The molecule has 0 atom stereocenters. The minimum absolute atomic E-state index is 0.224. The van der Waals surface area contributed by atoms with Crippen molar-refractivity contribution in [2.75, 3.05) is 19.5 Å². The first-order valence-electron chi connectivity index (χ1n) is 9.08. The van der Waals surface area contributed by atoms with Crippen molar-refractivity contribution in [3.05, 3.63) is 29.8 Å². The number of unbranched alkanes of at least 4 members (excludes halogenated alkanes) is 7. The molecule has 0 aliphatic carbocycles. The monoisotopic (exact) mass is 366 g/mol. The van der Waals surface area contributed by atoms with Gasteiger partial charge in [0.25, 0.3) is 0 Å². The molecular weight excluding hydrogens is 336 g/mol. The molecule has 140 valence electrons. The highest BCUT2D eigenvalue weighted by molar-refractivity contribution is 8.13. The molecule has 0 aliphatic rings. The van der Waals surface area contributed by atoms with Crippen LogP contribution in [0.5, 0.6) is 5.75 Å². The third kappa shape index (κ3) is 10.9. The lowest BCUT2D eigenvalue weighted by atomic mass is 10.1. The molecule has 1 rings (SSSR count). The van der Waals surface area contributed by atoms with Gasteiger partial charge in [0.15, 0.2) is 5.12 Å². The van der Waals surface area contributed by atoms with E-state index in [1.807, 2.05) is 0 Å². The normalized spacial score (nSPS) is 10.5. The number of rotatable bonds is 13. The van der Waals surface area contributed by atoms with E-state index in [0.29, 0.717) is 12.2 Å². The van der Waals surface area contributed by atoms with E-state index in [2.05, 4.69) is 4.74 Å². The van der Waals surface area contributed by atoms with Crippen molar-refractivity contribution in [2.24, 2.45) is 0 Å². The topological polar surface area (TPSA) is 52.6 Å². The standard InChI is InChI=1S/C20H30O4S/c1-17(21)25-16-10-8-6-4-3-5-7-9-15-24-19-13-11-18(12-14-19)20(22)23-2/h11-14H,3-10,15-16H2,1-2H3. The Bertz CT molecular complexity index is 499. The molecule has 0 saturated carbocycles. The van der Waals surface area contributed by atoms with E-state index in [1.54, 1.807) is 31.2 Å². The lowest BCUT2D eigenvalue weighted by molar-refractivity contribution is -0.109. The van der Waals surface area contributed by atoms with Crippen molar-refractivity contribution in [3.63, 3.8) is 0 Å². The van der Waals surface area contributed by atoms with Crippen LogP contribution in [0.4, 0.5) is 0 Å². The minimum atomic E-state index is -0.329. The molecule has 4 nitrogen and oxygen atoms in total. The first-order valence-corrected chi connectivity index (χ1v) is 10.1. The van der Waals surface area contributed by atoms with Gasteiger partial charge in [-0.15, -0.1) is 0 Å². The molecule has 0 unspecified atom stereocenters. The number of carbonyl (C=O) groups is 2. The summed E-state index contributed by atoms with van der Waals surface area (Å²) in [6.07, 6.45) is 9.66. The van der Waals surface area contributed by atoms with Crippen LogP contribution in [-0.2, 0) is 9.53 Å². The zero-order valence-corrected chi connectivity index (χ0v) is 16.2. The van der Waals surface area contributed by atoms with Crippen LogP contribution in [0.2, 0.25) is 0 Å². The van der Waals surface area contributed by atoms with Crippen LogP contribution < -0.4 is 4.74 Å². The fraction of sp³-hybridized carbons (Fsp3) is 0.600. The van der Waals surface area contributed by atoms with Crippen LogP contribution in [0.15, 0.2) is 24.3 Å². The molecule has 0 N–H and O–H groups in total. The zero-order valence-electron chi connectivity index (χ0n) is 15.4. The van der Waals surface area contributed by atoms with Gasteiger partial charge < -0.3 is 9.47 Å². The Morgan fingerprint density at radius 3 is 2.00 bits per heavy atom. The van der Waals surface area contributed by atoms with Crippen LogP contribution in [0.3, 0.4) is 0 Å². The van der Waals surface area contributed by atoms with Gasteiger partial charge in [-0.2, -0.15) is 0 Å². The van der Waals surface area contributed by atoms with Gasteiger partial charge in [-0.3, -0.25) is 4.79 Å². The minimum Gasteiger partial charge on any atom is -0.494 e. The fourth-order valence-corrected chi connectivity index (χ4v) is 3.11. The van der Waals surface area contributed by atoms with E-state index in [0.717, 1.165) is 24.3 Å². The van der Waals surface area contributed by atoms with Gasteiger partial charge >= 0.3 is 5.97 Å². The lowest BCUT2D eigenvalue weighted by Gasteiger charge is -2.07. The Hall–Kier alpha value is -1.49. The molecule has 25 heavy (non-hydrogen) atoms. The van der Waals surface area contributed by atoms with Gasteiger partial charge in [0, 0.05) is 12.7 Å². The van der Waals surface area contributed by atoms with Crippen molar-refractivity contribution in [3.8, 4) is 5.75 Å². The number of thioether (sulfide) groups is 1. The maximum absolute atomic E-state index is 11.3. The van der Waals surface area contributed by atoms with E-state index >= 15 is 0 Å². The quantitative estimate of drug-likeness (QED) is 0.352. The van der Waals surface area contributed by atoms with Gasteiger partial charge in [-0.05, 0) is 37.1 Å². The summed E-state index contributed by atoms with van der Waals surface area (Å²) in [7, 11) is 1.38. The largest absolute Gasteiger partial charge is 0.494 e. The van der Waals surface area contributed by atoms with Gasteiger partial charge in [0.2, 0.25) is 0 Å². The summed E-state index contributed by atoms with van der Waals surface area (Å²) in [5.41, 5.74) is 0.537. The number of methoxy groups -OCH3 is 1. The van der Waals surface area contributed by atoms with Crippen molar-refractivity contribution in [2.45, 2.75) is 58.3 Å². The molecule has 0 fully saturated rings. The van der Waals surface area contributed by atoms with Gasteiger partial charge in [0.1, 0.15) is 5.75 Å². The number of esters is 1. The van der Waals surface area contributed by atoms with Crippen molar-refractivity contribution in [1.82, 2.24) is 0 Å². The van der Waals surface area contributed by atoms with Crippen LogP contribution in [0.1, 0.15) is 68.6 Å². The van der Waals surface area contributed by atoms with E-state index in [1.165, 1.54) is 57.4 Å². The first kappa shape index (κ1) is 21.6. The molecule has 0 bridgehead atoms. The van der Waals surface area contributed by atoms with E-state index in [4.69, 9.17) is 4.74 Å². The summed E-state index contributed by atoms with van der Waals surface area (Å²) in [6.45, 7) is 2.34. The van der Waals surface area contributed by atoms with E-state index in [9.17, 15) is 9.59 Å². The van der Waals surface area contributed by atoms with Gasteiger partial charge in [-0.1, -0.05) is 50.3 Å². The van der Waals surface area contributed by atoms with Crippen LogP contribution >= 0.6 is 11.8 Å². The molecule has 5 heteroatoms. The Morgan fingerprint density at radius 2 is 1.44 bits per heavy atom. The Morgan fingerprint density at radius 1 is 0.880 bits per heavy atom.